The van der Waals surface area contributed by atoms with Gasteiger partial charge in [-0.25, -0.2) is 0 Å². The molecular weight excluding hydrogens is 258 g/mol. The van der Waals surface area contributed by atoms with E-state index in [1.807, 2.05) is 12.1 Å². The second-order valence-corrected chi connectivity index (χ2v) is 6.49. The molecule has 3 nitrogen and oxygen atoms in total. The van der Waals surface area contributed by atoms with Gasteiger partial charge in [-0.3, -0.25) is 4.90 Å². The van der Waals surface area contributed by atoms with E-state index in [4.69, 9.17) is 5.26 Å². The smallest absolute Gasteiger partial charge is 0.0991 e. The van der Waals surface area contributed by atoms with Crippen LogP contribution in [0.4, 0.5) is 0 Å². The molecule has 3 heteroatoms. The minimum Gasteiger partial charge on any atom is -0.312 e. The Bertz CT molecular complexity index is 526. The normalized spacial score (nSPS) is 26.7. The number of hydrogen-bond donors (Lipinski definition) is 1. The molecule has 112 valence electrons. The lowest BCUT2D eigenvalue weighted by molar-refractivity contribution is 0.112. The molecule has 2 atom stereocenters. The summed E-state index contributed by atoms with van der Waals surface area (Å²) < 4.78 is 0. The quantitative estimate of drug-likeness (QED) is 0.927. The largest absolute Gasteiger partial charge is 0.312 e. The zero-order valence-electron chi connectivity index (χ0n) is 12.9. The zero-order chi connectivity index (χ0) is 14.7. The SMILES string of the molecule is Cc1cc(C#N)ccc1CN1CCCCC1C1CCCN1. The summed E-state index contributed by atoms with van der Waals surface area (Å²) in [6.07, 6.45) is 6.66. The number of hydrogen-bond acceptors (Lipinski definition) is 3. The van der Waals surface area contributed by atoms with Gasteiger partial charge >= 0.3 is 0 Å². The molecule has 0 spiro atoms. The number of benzene rings is 1. The van der Waals surface area contributed by atoms with Gasteiger partial charge in [-0.1, -0.05) is 12.5 Å². The average Bonchev–Trinajstić information content (AvgIpc) is 3.04. The van der Waals surface area contributed by atoms with Gasteiger partial charge in [0.1, 0.15) is 0 Å². The highest BCUT2D eigenvalue weighted by Gasteiger charge is 2.31. The van der Waals surface area contributed by atoms with E-state index in [-0.39, 0.29) is 0 Å². The van der Waals surface area contributed by atoms with Gasteiger partial charge < -0.3 is 5.32 Å². The molecule has 0 bridgehead atoms. The van der Waals surface area contributed by atoms with Gasteiger partial charge in [-0.15, -0.1) is 0 Å². The van der Waals surface area contributed by atoms with E-state index in [1.54, 1.807) is 0 Å². The lowest BCUT2D eigenvalue weighted by Crippen LogP contribution is -2.49. The third kappa shape index (κ3) is 3.28. The molecule has 0 amide bonds. The third-order valence-corrected chi connectivity index (χ3v) is 5.07. The second kappa shape index (κ2) is 6.60. The van der Waals surface area contributed by atoms with Gasteiger partial charge in [-0.2, -0.15) is 5.26 Å². The number of nitriles is 1. The van der Waals surface area contributed by atoms with Crippen molar-refractivity contribution in [2.45, 2.75) is 57.7 Å². The molecule has 2 fully saturated rings. The van der Waals surface area contributed by atoms with Crippen LogP contribution in [-0.2, 0) is 6.54 Å². The summed E-state index contributed by atoms with van der Waals surface area (Å²) in [7, 11) is 0. The van der Waals surface area contributed by atoms with Crippen LogP contribution < -0.4 is 5.32 Å². The fourth-order valence-electron chi connectivity index (χ4n) is 3.87. The van der Waals surface area contributed by atoms with Crippen LogP contribution in [-0.4, -0.2) is 30.1 Å². The minimum absolute atomic E-state index is 0.684. The van der Waals surface area contributed by atoms with Gasteiger partial charge in [0.2, 0.25) is 0 Å². The number of nitrogens with one attached hydrogen (secondary N) is 1. The van der Waals surface area contributed by atoms with Crippen LogP contribution in [0.3, 0.4) is 0 Å². The first-order valence-corrected chi connectivity index (χ1v) is 8.25. The van der Waals surface area contributed by atoms with Crippen molar-refractivity contribution in [1.29, 1.82) is 5.26 Å². The standard InChI is InChI=1S/C18H25N3/c1-14-11-15(12-19)7-8-16(14)13-21-10-3-2-6-18(21)17-5-4-9-20-17/h7-8,11,17-18,20H,2-6,9-10,13H2,1H3. The highest BCUT2D eigenvalue weighted by atomic mass is 15.2. The van der Waals surface area contributed by atoms with Gasteiger partial charge in [0.15, 0.2) is 0 Å². The van der Waals surface area contributed by atoms with Crippen molar-refractivity contribution in [2.24, 2.45) is 0 Å². The van der Waals surface area contributed by atoms with Crippen molar-refractivity contribution in [3.8, 4) is 6.07 Å². The maximum Gasteiger partial charge on any atom is 0.0991 e. The molecule has 2 saturated heterocycles. The third-order valence-electron chi connectivity index (χ3n) is 5.07. The van der Waals surface area contributed by atoms with Gasteiger partial charge in [0.05, 0.1) is 11.6 Å². The van der Waals surface area contributed by atoms with E-state index in [0.29, 0.717) is 12.1 Å². The van der Waals surface area contributed by atoms with Gasteiger partial charge in [-0.05, 0) is 69.0 Å². The summed E-state index contributed by atoms with van der Waals surface area (Å²) >= 11 is 0. The molecule has 2 heterocycles. The van der Waals surface area contributed by atoms with Crippen molar-refractivity contribution < 1.29 is 0 Å². The fraction of sp³-hybridized carbons (Fsp3) is 0.611. The van der Waals surface area contributed by atoms with E-state index in [9.17, 15) is 0 Å². The summed E-state index contributed by atoms with van der Waals surface area (Å²) in [6, 6.07) is 9.71. The maximum atomic E-state index is 8.99. The molecule has 1 aromatic carbocycles. The highest BCUT2D eigenvalue weighted by molar-refractivity contribution is 5.37. The molecule has 2 aliphatic heterocycles. The Kier molecular flexibility index (Phi) is 4.57. The molecule has 0 aliphatic carbocycles. The van der Waals surface area contributed by atoms with Crippen molar-refractivity contribution >= 4 is 0 Å². The first-order chi connectivity index (χ1) is 10.3. The van der Waals surface area contributed by atoms with E-state index >= 15 is 0 Å². The number of likely N-dealkylation sites (tertiary alicyclic amines) is 1. The molecule has 0 radical (unpaired) electrons. The van der Waals surface area contributed by atoms with Crippen LogP contribution >= 0.6 is 0 Å². The molecule has 0 aromatic heterocycles. The van der Waals surface area contributed by atoms with Gasteiger partial charge in [0.25, 0.3) is 0 Å². The summed E-state index contributed by atoms with van der Waals surface area (Å²) in [6.45, 7) is 5.55. The van der Waals surface area contributed by atoms with Crippen LogP contribution in [0.15, 0.2) is 18.2 Å². The molecule has 21 heavy (non-hydrogen) atoms. The van der Waals surface area contributed by atoms with Crippen molar-refractivity contribution in [3.05, 3.63) is 34.9 Å². The number of nitrogens with zero attached hydrogens (tertiary/aromatic N) is 2. The number of piperidine rings is 1. The lowest BCUT2D eigenvalue weighted by Gasteiger charge is -2.39. The van der Waals surface area contributed by atoms with E-state index in [0.717, 1.165) is 12.1 Å². The second-order valence-electron chi connectivity index (χ2n) is 6.49. The highest BCUT2D eigenvalue weighted by Crippen LogP contribution is 2.26. The summed E-state index contributed by atoms with van der Waals surface area (Å²) in [5, 5.41) is 12.7. The first kappa shape index (κ1) is 14.6. The molecule has 2 unspecified atom stereocenters. The minimum atomic E-state index is 0.684. The van der Waals surface area contributed by atoms with Crippen LogP contribution in [0.1, 0.15) is 48.8 Å². The van der Waals surface area contributed by atoms with E-state index in [1.165, 1.54) is 56.3 Å². The van der Waals surface area contributed by atoms with Gasteiger partial charge in [0, 0.05) is 18.6 Å². The summed E-state index contributed by atoms with van der Waals surface area (Å²) in [5.41, 5.74) is 3.39. The molecule has 0 saturated carbocycles. The van der Waals surface area contributed by atoms with Crippen molar-refractivity contribution in [2.75, 3.05) is 13.1 Å². The Morgan fingerprint density at radius 3 is 2.90 bits per heavy atom. The number of rotatable bonds is 3. The Morgan fingerprint density at radius 2 is 2.19 bits per heavy atom. The first-order valence-electron chi connectivity index (χ1n) is 8.25. The fourth-order valence-corrected chi connectivity index (χ4v) is 3.87. The predicted molar refractivity (Wildman–Crippen MR) is 85.0 cm³/mol. The van der Waals surface area contributed by atoms with Crippen molar-refractivity contribution in [1.82, 2.24) is 10.2 Å². The molecule has 1 aromatic rings. The average molecular weight is 283 g/mol. The molecule has 3 rings (SSSR count). The summed E-state index contributed by atoms with van der Waals surface area (Å²) in [4.78, 5) is 2.67. The Morgan fingerprint density at radius 1 is 1.29 bits per heavy atom. The van der Waals surface area contributed by atoms with Crippen LogP contribution in [0.2, 0.25) is 0 Å². The molecular formula is C18H25N3. The topological polar surface area (TPSA) is 39.1 Å². The van der Waals surface area contributed by atoms with E-state index in [2.05, 4.69) is 29.3 Å². The van der Waals surface area contributed by atoms with E-state index < -0.39 is 0 Å². The Balaban J connectivity index is 1.73. The van der Waals surface area contributed by atoms with Crippen molar-refractivity contribution in [3.63, 3.8) is 0 Å². The van der Waals surface area contributed by atoms with Crippen LogP contribution in [0.5, 0.6) is 0 Å². The Hall–Kier alpha value is -1.37. The Labute approximate surface area is 128 Å². The zero-order valence-corrected chi connectivity index (χ0v) is 12.9. The predicted octanol–water partition coefficient (Wildman–Crippen LogP) is 2.97. The lowest BCUT2D eigenvalue weighted by atomic mass is 9.93. The monoisotopic (exact) mass is 283 g/mol. The molecule has 1 N–H and O–H groups in total. The molecule has 2 aliphatic rings. The van der Waals surface area contributed by atoms with Crippen LogP contribution in [0.25, 0.3) is 0 Å². The number of aryl methyl sites for hydroxylation is 1. The van der Waals surface area contributed by atoms with Crippen LogP contribution in [0, 0.1) is 18.3 Å². The summed E-state index contributed by atoms with van der Waals surface area (Å²) in [5.74, 6) is 0. The maximum absolute atomic E-state index is 8.99.